The van der Waals surface area contributed by atoms with Crippen LogP contribution in [0, 0.1) is 23.2 Å². The number of nitrogens with one attached hydrogen (secondary N) is 1. The Hall–Kier alpha value is -2.28. The number of allylic oxidation sites excluding steroid dienone is 2. The van der Waals surface area contributed by atoms with E-state index in [1.807, 2.05) is 6.07 Å². The Morgan fingerprint density at radius 2 is 2.04 bits per heavy atom. The van der Waals surface area contributed by atoms with Crippen molar-refractivity contribution in [1.82, 2.24) is 4.90 Å². The highest BCUT2D eigenvalue weighted by molar-refractivity contribution is 7.96. The number of benzene rings is 1. The lowest BCUT2D eigenvalue weighted by atomic mass is 10.0. The number of hydrogen-bond donors (Lipinski definition) is 1. The molecule has 5 nitrogen and oxygen atoms in total. The molecule has 25 heavy (non-hydrogen) atoms. The zero-order valence-electron chi connectivity index (χ0n) is 14.5. The van der Waals surface area contributed by atoms with Crippen LogP contribution >= 0.6 is 0 Å². The first-order valence-corrected chi connectivity index (χ1v) is 9.83. The van der Waals surface area contributed by atoms with Crippen molar-refractivity contribution in [2.24, 2.45) is 0 Å². The highest BCUT2D eigenvalue weighted by Gasteiger charge is 2.37. The van der Waals surface area contributed by atoms with E-state index in [1.165, 1.54) is 0 Å². The molecule has 1 fully saturated rings. The van der Waals surface area contributed by atoms with Crippen molar-refractivity contribution >= 4 is 21.1 Å². The van der Waals surface area contributed by atoms with E-state index in [0.29, 0.717) is 16.8 Å². The maximum atomic E-state index is 13.1. The van der Waals surface area contributed by atoms with Crippen LogP contribution in [0.1, 0.15) is 31.7 Å². The molecule has 0 aliphatic carbocycles. The number of fused-ring (bicyclic) bond motifs is 1. The average Bonchev–Trinajstić information content (AvgIpc) is 2.80. The molecule has 0 aromatic heterocycles. The molecule has 2 aliphatic heterocycles. The average molecular weight is 355 g/mol. The largest absolute Gasteiger partial charge is 0.381 e. The van der Waals surface area contributed by atoms with Gasteiger partial charge in [-0.25, -0.2) is 8.42 Å². The van der Waals surface area contributed by atoms with E-state index in [1.54, 1.807) is 19.1 Å². The summed E-state index contributed by atoms with van der Waals surface area (Å²) in [5, 5.41) is 12.5. The molecule has 1 saturated heterocycles. The van der Waals surface area contributed by atoms with Gasteiger partial charge in [-0.15, -0.1) is 5.92 Å². The summed E-state index contributed by atoms with van der Waals surface area (Å²) in [5.74, 6) is 5.38. The smallest absolute Gasteiger partial charge is 0.217 e. The van der Waals surface area contributed by atoms with Crippen LogP contribution in [-0.2, 0) is 9.84 Å². The van der Waals surface area contributed by atoms with Crippen molar-refractivity contribution < 1.29 is 8.42 Å². The van der Waals surface area contributed by atoms with Crippen molar-refractivity contribution in [3.8, 4) is 17.9 Å². The molecule has 3 rings (SSSR count). The molecule has 0 amide bonds. The minimum absolute atomic E-state index is 0.0356. The van der Waals surface area contributed by atoms with E-state index < -0.39 is 9.84 Å². The normalized spacial score (nSPS) is 19.7. The van der Waals surface area contributed by atoms with Gasteiger partial charge in [-0.1, -0.05) is 18.1 Å². The second kappa shape index (κ2) is 6.92. The van der Waals surface area contributed by atoms with E-state index in [-0.39, 0.29) is 22.3 Å². The summed E-state index contributed by atoms with van der Waals surface area (Å²) in [6.45, 7) is 3.58. The molecule has 0 unspecified atom stereocenters. The van der Waals surface area contributed by atoms with Gasteiger partial charge in [-0.3, -0.25) is 0 Å². The Morgan fingerprint density at radius 1 is 1.32 bits per heavy atom. The molecule has 2 aliphatic rings. The van der Waals surface area contributed by atoms with Gasteiger partial charge in [-0.2, -0.15) is 5.26 Å². The van der Waals surface area contributed by atoms with Gasteiger partial charge >= 0.3 is 0 Å². The maximum absolute atomic E-state index is 13.1. The van der Waals surface area contributed by atoms with Crippen molar-refractivity contribution in [1.29, 1.82) is 5.26 Å². The Balaban J connectivity index is 2.03. The third kappa shape index (κ3) is 3.16. The molecule has 1 aromatic carbocycles. The molecular weight excluding hydrogens is 334 g/mol. The van der Waals surface area contributed by atoms with Gasteiger partial charge in [0.25, 0.3) is 0 Å². The number of nitriles is 1. The zero-order chi connectivity index (χ0) is 18.0. The van der Waals surface area contributed by atoms with E-state index in [9.17, 15) is 8.42 Å². The summed E-state index contributed by atoms with van der Waals surface area (Å²) in [6, 6.07) is 7.73. The van der Waals surface area contributed by atoms with Crippen LogP contribution in [0.2, 0.25) is 0 Å². The SMILES string of the molecule is CC#CC1=C(CC#N)c2cccc(NC3CCN(C)CC3)c2S1(=O)=O. The van der Waals surface area contributed by atoms with Gasteiger partial charge in [0.15, 0.2) is 0 Å². The number of piperidine rings is 1. The van der Waals surface area contributed by atoms with Crippen molar-refractivity contribution in [2.45, 2.75) is 37.1 Å². The standard InChI is InChI=1S/C19H21N3O2S/c1-3-5-18-15(8-11-20)16-6-4-7-17(19(16)25(18,23)24)21-14-9-12-22(2)13-10-14/h4,6-7,14,21H,8-10,12-13H2,1-2H3. The van der Waals surface area contributed by atoms with Gasteiger partial charge in [0.05, 0.1) is 18.2 Å². The fourth-order valence-electron chi connectivity index (χ4n) is 3.45. The van der Waals surface area contributed by atoms with Gasteiger partial charge in [0.1, 0.15) is 9.80 Å². The van der Waals surface area contributed by atoms with Gasteiger partial charge in [-0.05, 0) is 46.0 Å². The monoisotopic (exact) mass is 355 g/mol. The molecule has 2 heterocycles. The summed E-state index contributed by atoms with van der Waals surface area (Å²) >= 11 is 0. The van der Waals surface area contributed by atoms with E-state index in [0.717, 1.165) is 25.9 Å². The van der Waals surface area contributed by atoms with Crippen LogP contribution in [0.3, 0.4) is 0 Å². The fourth-order valence-corrected chi connectivity index (χ4v) is 5.29. The third-order valence-electron chi connectivity index (χ3n) is 4.72. The molecule has 0 radical (unpaired) electrons. The van der Waals surface area contributed by atoms with E-state index in [2.05, 4.69) is 35.2 Å². The maximum Gasteiger partial charge on any atom is 0.217 e. The topological polar surface area (TPSA) is 73.2 Å². The molecule has 0 saturated carbocycles. The highest BCUT2D eigenvalue weighted by Crippen LogP contribution is 2.44. The molecule has 0 bridgehead atoms. The number of anilines is 1. The first kappa shape index (κ1) is 17.5. The van der Waals surface area contributed by atoms with Crippen LogP contribution in [0.5, 0.6) is 0 Å². The van der Waals surface area contributed by atoms with Gasteiger partial charge in [0, 0.05) is 17.2 Å². The summed E-state index contributed by atoms with van der Waals surface area (Å²) < 4.78 is 26.1. The number of hydrogen-bond acceptors (Lipinski definition) is 5. The number of likely N-dealkylation sites (tertiary alicyclic amines) is 1. The van der Waals surface area contributed by atoms with Crippen LogP contribution in [0.4, 0.5) is 5.69 Å². The summed E-state index contributed by atoms with van der Waals surface area (Å²) in [5.41, 5.74) is 1.74. The third-order valence-corrected chi connectivity index (χ3v) is 6.59. The summed E-state index contributed by atoms with van der Waals surface area (Å²) in [4.78, 5) is 2.62. The number of rotatable bonds is 3. The Kier molecular flexibility index (Phi) is 4.85. The summed E-state index contributed by atoms with van der Waals surface area (Å²) in [7, 11) is -1.60. The van der Waals surface area contributed by atoms with Crippen LogP contribution in [-0.4, -0.2) is 39.5 Å². The predicted octanol–water partition coefficient (Wildman–Crippen LogP) is 2.63. The van der Waals surface area contributed by atoms with Crippen molar-refractivity contribution in [3.05, 3.63) is 28.7 Å². The first-order chi connectivity index (χ1) is 12.0. The van der Waals surface area contributed by atoms with Crippen molar-refractivity contribution in [2.75, 3.05) is 25.5 Å². The van der Waals surface area contributed by atoms with Gasteiger partial charge in [0.2, 0.25) is 9.84 Å². The molecule has 0 atom stereocenters. The van der Waals surface area contributed by atoms with E-state index in [4.69, 9.17) is 5.26 Å². The van der Waals surface area contributed by atoms with Gasteiger partial charge < -0.3 is 10.2 Å². The molecule has 130 valence electrons. The lowest BCUT2D eigenvalue weighted by molar-refractivity contribution is 0.264. The number of nitrogens with zero attached hydrogens (tertiary/aromatic N) is 2. The predicted molar refractivity (Wildman–Crippen MR) is 98.4 cm³/mol. The van der Waals surface area contributed by atoms with Crippen LogP contribution < -0.4 is 5.32 Å². The molecule has 1 aromatic rings. The molecule has 1 N–H and O–H groups in total. The Bertz CT molecular complexity index is 922. The lowest BCUT2D eigenvalue weighted by Gasteiger charge is -2.30. The quantitative estimate of drug-likeness (QED) is 0.844. The number of sulfone groups is 1. The highest BCUT2D eigenvalue weighted by atomic mass is 32.2. The van der Waals surface area contributed by atoms with Crippen LogP contribution in [0.25, 0.3) is 5.57 Å². The Labute approximate surface area is 149 Å². The molecule has 0 spiro atoms. The minimum atomic E-state index is -3.69. The lowest BCUT2D eigenvalue weighted by Crippen LogP contribution is -2.36. The minimum Gasteiger partial charge on any atom is -0.381 e. The molecule has 6 heteroatoms. The Morgan fingerprint density at radius 3 is 2.68 bits per heavy atom. The second-order valence-corrected chi connectivity index (χ2v) is 8.25. The molecular formula is C19H21N3O2S. The zero-order valence-corrected chi connectivity index (χ0v) is 15.3. The fraction of sp³-hybridized carbons (Fsp3) is 0.421. The van der Waals surface area contributed by atoms with Crippen LogP contribution in [0.15, 0.2) is 28.0 Å². The van der Waals surface area contributed by atoms with E-state index >= 15 is 0 Å². The second-order valence-electron chi connectivity index (χ2n) is 6.43. The first-order valence-electron chi connectivity index (χ1n) is 8.35. The summed E-state index contributed by atoms with van der Waals surface area (Å²) in [6.07, 6.45) is 1.98. The van der Waals surface area contributed by atoms with Crippen molar-refractivity contribution in [3.63, 3.8) is 0 Å².